The van der Waals surface area contributed by atoms with E-state index in [4.69, 9.17) is 9.47 Å². The molecule has 0 N–H and O–H groups in total. The van der Waals surface area contributed by atoms with Crippen molar-refractivity contribution in [3.63, 3.8) is 0 Å². The summed E-state index contributed by atoms with van der Waals surface area (Å²) >= 11 is 0. The lowest BCUT2D eigenvalue weighted by Crippen LogP contribution is -2.49. The number of ether oxygens (including phenoxy) is 2. The molecule has 0 radical (unpaired) electrons. The number of esters is 1. The Morgan fingerprint density at radius 2 is 1.57 bits per heavy atom. The Balaban J connectivity index is 1.46. The van der Waals surface area contributed by atoms with Gasteiger partial charge in [-0.15, -0.1) is 0 Å². The molecular formula is C24H31NO3. The third-order valence-electron chi connectivity index (χ3n) is 5.71. The third kappa shape index (κ3) is 5.35. The van der Waals surface area contributed by atoms with Crippen LogP contribution in [0.4, 0.5) is 0 Å². The summed E-state index contributed by atoms with van der Waals surface area (Å²) in [7, 11) is 1.48. The largest absolute Gasteiger partial charge is 0.492 e. The fourth-order valence-corrected chi connectivity index (χ4v) is 4.23. The highest BCUT2D eigenvalue weighted by molar-refractivity contribution is 5.72. The highest BCUT2D eigenvalue weighted by atomic mass is 16.5. The van der Waals surface area contributed by atoms with Gasteiger partial charge in [0.05, 0.1) is 13.0 Å². The molecule has 0 aliphatic carbocycles. The molecule has 150 valence electrons. The average Bonchev–Trinajstić information content (AvgIpc) is 2.71. The van der Waals surface area contributed by atoms with Crippen LogP contribution < -0.4 is 4.74 Å². The van der Waals surface area contributed by atoms with Crippen LogP contribution in [0.15, 0.2) is 54.6 Å². The number of likely N-dealkylation sites (tertiary alicyclic amines) is 1. The van der Waals surface area contributed by atoms with Crippen molar-refractivity contribution in [3.8, 4) is 5.75 Å². The minimum Gasteiger partial charge on any atom is -0.492 e. The molecule has 0 bridgehead atoms. The van der Waals surface area contributed by atoms with Gasteiger partial charge in [0.2, 0.25) is 0 Å². The van der Waals surface area contributed by atoms with Gasteiger partial charge in [0.25, 0.3) is 0 Å². The molecule has 1 aliphatic heterocycles. The second-order valence-corrected chi connectivity index (χ2v) is 7.78. The van der Waals surface area contributed by atoms with Crippen molar-refractivity contribution in [3.05, 3.63) is 65.7 Å². The molecule has 1 unspecified atom stereocenters. The molecule has 0 spiro atoms. The quantitative estimate of drug-likeness (QED) is 0.670. The van der Waals surface area contributed by atoms with Crippen LogP contribution in [0.1, 0.15) is 37.8 Å². The Bertz CT molecular complexity index is 732. The number of piperidine rings is 1. The van der Waals surface area contributed by atoms with Crippen LogP contribution in [0.3, 0.4) is 0 Å². The first kappa shape index (κ1) is 20.4. The first-order chi connectivity index (χ1) is 13.6. The Morgan fingerprint density at radius 1 is 0.964 bits per heavy atom. The maximum Gasteiger partial charge on any atom is 0.308 e. The maximum atomic E-state index is 11.8. The zero-order valence-corrected chi connectivity index (χ0v) is 17.1. The zero-order valence-electron chi connectivity index (χ0n) is 17.1. The van der Waals surface area contributed by atoms with Gasteiger partial charge in [-0.2, -0.15) is 0 Å². The fourth-order valence-electron chi connectivity index (χ4n) is 4.23. The van der Waals surface area contributed by atoms with E-state index < -0.39 is 0 Å². The average molecular weight is 382 g/mol. The maximum absolute atomic E-state index is 11.8. The second-order valence-electron chi connectivity index (χ2n) is 7.78. The number of methoxy groups -OCH3 is 1. The SMILES string of the molecule is COC(=O)C1C[C@@H](C)N(CCOc2ccc(Cc3ccccc3)cc2)[C@@H](C)C1. The number of hydrogen-bond donors (Lipinski definition) is 0. The predicted octanol–water partition coefficient (Wildman–Crippen LogP) is 4.32. The number of nitrogens with zero attached hydrogens (tertiary/aromatic N) is 1. The van der Waals surface area contributed by atoms with E-state index >= 15 is 0 Å². The van der Waals surface area contributed by atoms with Gasteiger partial charge in [-0.25, -0.2) is 0 Å². The monoisotopic (exact) mass is 381 g/mol. The number of benzene rings is 2. The molecule has 2 aromatic carbocycles. The fraction of sp³-hybridized carbons (Fsp3) is 0.458. The molecule has 0 saturated carbocycles. The lowest BCUT2D eigenvalue weighted by Gasteiger charge is -2.41. The van der Waals surface area contributed by atoms with Gasteiger partial charge in [-0.1, -0.05) is 42.5 Å². The number of rotatable bonds is 7. The number of carbonyl (C=O) groups is 1. The highest BCUT2D eigenvalue weighted by Crippen LogP contribution is 2.28. The van der Waals surface area contributed by atoms with Crippen molar-refractivity contribution in [1.82, 2.24) is 4.90 Å². The van der Waals surface area contributed by atoms with Crippen LogP contribution in [0.5, 0.6) is 5.75 Å². The van der Waals surface area contributed by atoms with Crippen LogP contribution in [0.25, 0.3) is 0 Å². The molecule has 1 fully saturated rings. The molecule has 4 nitrogen and oxygen atoms in total. The van der Waals surface area contributed by atoms with Crippen LogP contribution in [-0.4, -0.2) is 43.2 Å². The summed E-state index contributed by atoms with van der Waals surface area (Å²) in [6.07, 6.45) is 2.64. The molecule has 0 amide bonds. The van der Waals surface area contributed by atoms with Gasteiger partial charge in [-0.3, -0.25) is 9.69 Å². The standard InChI is InChI=1S/C24H31NO3/c1-18-15-22(24(26)27-3)16-19(2)25(18)13-14-28-23-11-9-21(10-12-23)17-20-7-5-4-6-8-20/h4-12,18-19,22H,13-17H2,1-3H3/t18-,19+,22?. The normalized spacial score (nSPS) is 22.6. The Morgan fingerprint density at radius 3 is 2.18 bits per heavy atom. The van der Waals surface area contributed by atoms with Crippen LogP contribution in [0, 0.1) is 5.92 Å². The lowest BCUT2D eigenvalue weighted by molar-refractivity contribution is -0.148. The van der Waals surface area contributed by atoms with E-state index in [1.54, 1.807) is 0 Å². The summed E-state index contributed by atoms with van der Waals surface area (Å²) in [5, 5.41) is 0. The minimum atomic E-state index is -0.0785. The number of carbonyl (C=O) groups excluding carboxylic acids is 1. The van der Waals surface area contributed by atoms with Crippen molar-refractivity contribution in [1.29, 1.82) is 0 Å². The van der Waals surface area contributed by atoms with E-state index in [2.05, 4.69) is 67.3 Å². The van der Waals surface area contributed by atoms with Gasteiger partial charge in [0, 0.05) is 18.6 Å². The molecule has 1 heterocycles. The first-order valence-corrected chi connectivity index (χ1v) is 10.2. The second kappa shape index (κ2) is 9.74. The molecule has 1 saturated heterocycles. The molecule has 2 aromatic rings. The lowest BCUT2D eigenvalue weighted by atomic mass is 9.87. The van der Waals surface area contributed by atoms with E-state index in [1.165, 1.54) is 18.2 Å². The van der Waals surface area contributed by atoms with Gasteiger partial charge >= 0.3 is 5.97 Å². The minimum absolute atomic E-state index is 0.0179. The summed E-state index contributed by atoms with van der Waals surface area (Å²) < 4.78 is 10.9. The van der Waals surface area contributed by atoms with Crippen molar-refractivity contribution in [2.75, 3.05) is 20.3 Å². The van der Waals surface area contributed by atoms with E-state index in [0.717, 1.165) is 31.6 Å². The zero-order chi connectivity index (χ0) is 19.9. The topological polar surface area (TPSA) is 38.8 Å². The molecule has 4 heteroatoms. The Labute approximate surface area is 168 Å². The van der Waals surface area contributed by atoms with Crippen molar-refractivity contribution in [2.24, 2.45) is 5.92 Å². The summed E-state index contributed by atoms with van der Waals surface area (Å²) in [5.74, 6) is 0.844. The van der Waals surface area contributed by atoms with Crippen LogP contribution in [0.2, 0.25) is 0 Å². The van der Waals surface area contributed by atoms with E-state index in [-0.39, 0.29) is 11.9 Å². The third-order valence-corrected chi connectivity index (χ3v) is 5.71. The predicted molar refractivity (Wildman–Crippen MR) is 112 cm³/mol. The van der Waals surface area contributed by atoms with Crippen molar-refractivity contribution < 1.29 is 14.3 Å². The molecule has 0 aromatic heterocycles. The summed E-state index contributed by atoms with van der Waals surface area (Å²) in [4.78, 5) is 14.3. The number of hydrogen-bond acceptors (Lipinski definition) is 4. The van der Waals surface area contributed by atoms with Gasteiger partial charge < -0.3 is 9.47 Å². The molecule has 28 heavy (non-hydrogen) atoms. The van der Waals surface area contributed by atoms with E-state index in [9.17, 15) is 4.79 Å². The highest BCUT2D eigenvalue weighted by Gasteiger charge is 2.34. The molecular weight excluding hydrogens is 350 g/mol. The smallest absolute Gasteiger partial charge is 0.308 e. The molecule has 1 aliphatic rings. The van der Waals surface area contributed by atoms with Crippen LogP contribution in [-0.2, 0) is 16.0 Å². The van der Waals surface area contributed by atoms with E-state index in [1.807, 2.05) is 6.07 Å². The van der Waals surface area contributed by atoms with Crippen molar-refractivity contribution in [2.45, 2.75) is 45.2 Å². The van der Waals surface area contributed by atoms with Gasteiger partial charge in [0.1, 0.15) is 12.4 Å². The summed E-state index contributed by atoms with van der Waals surface area (Å²) in [6.45, 7) is 5.88. The Kier molecular flexibility index (Phi) is 7.10. The van der Waals surface area contributed by atoms with Crippen molar-refractivity contribution >= 4 is 5.97 Å². The van der Waals surface area contributed by atoms with E-state index in [0.29, 0.717) is 18.7 Å². The van der Waals surface area contributed by atoms with Gasteiger partial charge in [-0.05, 0) is 56.4 Å². The molecule has 3 atom stereocenters. The summed E-state index contributed by atoms with van der Waals surface area (Å²) in [6, 6.07) is 19.6. The van der Waals surface area contributed by atoms with Gasteiger partial charge in [0.15, 0.2) is 0 Å². The first-order valence-electron chi connectivity index (χ1n) is 10.2. The van der Waals surface area contributed by atoms with Crippen LogP contribution >= 0.6 is 0 Å². The molecule has 3 rings (SSSR count). The summed E-state index contributed by atoms with van der Waals surface area (Å²) in [5.41, 5.74) is 2.60. The Hall–Kier alpha value is -2.33.